The number of hydrogen-bond acceptors (Lipinski definition) is 0. The Morgan fingerprint density at radius 3 is 2.27 bits per heavy atom. The van der Waals surface area contributed by atoms with Crippen molar-refractivity contribution in [2.45, 2.75) is 39.7 Å². The van der Waals surface area contributed by atoms with E-state index in [0.29, 0.717) is 17.7 Å². The lowest BCUT2D eigenvalue weighted by Gasteiger charge is -2.17. The first-order chi connectivity index (χ1) is 5.11. The van der Waals surface area contributed by atoms with Gasteiger partial charge in [-0.3, -0.25) is 0 Å². The van der Waals surface area contributed by atoms with E-state index in [0.717, 1.165) is 12.8 Å². The molecule has 1 nitrogen and oxygen atoms in total. The standard InChI is InChI=1S/C9H18ClO/c1-4-8(3)9(11)5-7(2)6-10/h7-9H,4-6H2,1-3H3. The average molecular weight is 178 g/mol. The van der Waals surface area contributed by atoms with Crippen molar-refractivity contribution in [2.75, 3.05) is 5.88 Å². The van der Waals surface area contributed by atoms with Crippen LogP contribution in [-0.4, -0.2) is 12.0 Å². The molecule has 0 spiro atoms. The molecule has 0 aliphatic rings. The maximum Gasteiger partial charge on any atom is 0.0958 e. The van der Waals surface area contributed by atoms with Crippen LogP contribution >= 0.6 is 11.6 Å². The summed E-state index contributed by atoms with van der Waals surface area (Å²) in [7, 11) is 0. The van der Waals surface area contributed by atoms with Crippen molar-refractivity contribution >= 4 is 11.6 Å². The highest BCUT2D eigenvalue weighted by Gasteiger charge is 2.16. The van der Waals surface area contributed by atoms with Crippen molar-refractivity contribution < 1.29 is 5.11 Å². The van der Waals surface area contributed by atoms with E-state index in [2.05, 4.69) is 6.92 Å². The normalized spacial score (nSPS) is 19.4. The van der Waals surface area contributed by atoms with Crippen molar-refractivity contribution in [2.24, 2.45) is 11.8 Å². The molecule has 0 aliphatic heterocycles. The summed E-state index contributed by atoms with van der Waals surface area (Å²) in [6.07, 6.45) is 1.27. The first-order valence-electron chi connectivity index (χ1n) is 4.33. The molecule has 3 atom stereocenters. The fraction of sp³-hybridized carbons (Fsp3) is 1.00. The lowest BCUT2D eigenvalue weighted by Crippen LogP contribution is -2.19. The summed E-state index contributed by atoms with van der Waals surface area (Å²) in [5, 5.41) is 11.4. The van der Waals surface area contributed by atoms with Crippen LogP contribution in [-0.2, 0) is 5.11 Å². The van der Waals surface area contributed by atoms with E-state index >= 15 is 0 Å². The maximum atomic E-state index is 11.4. The van der Waals surface area contributed by atoms with Gasteiger partial charge in [0.2, 0.25) is 0 Å². The molecule has 0 heterocycles. The third-order valence-corrected chi connectivity index (χ3v) is 2.70. The Morgan fingerprint density at radius 1 is 1.36 bits per heavy atom. The van der Waals surface area contributed by atoms with E-state index in [9.17, 15) is 5.11 Å². The van der Waals surface area contributed by atoms with Crippen LogP contribution in [0.2, 0.25) is 0 Å². The zero-order valence-corrected chi connectivity index (χ0v) is 8.40. The fourth-order valence-electron chi connectivity index (χ4n) is 0.955. The van der Waals surface area contributed by atoms with E-state index in [1.165, 1.54) is 0 Å². The number of halogens is 1. The van der Waals surface area contributed by atoms with Crippen LogP contribution in [0.15, 0.2) is 0 Å². The molecule has 0 saturated heterocycles. The van der Waals surface area contributed by atoms with Crippen LogP contribution in [0.3, 0.4) is 0 Å². The van der Waals surface area contributed by atoms with Gasteiger partial charge in [0, 0.05) is 5.88 Å². The molecule has 3 unspecified atom stereocenters. The number of alkyl halides is 1. The first kappa shape index (κ1) is 11.2. The van der Waals surface area contributed by atoms with Crippen molar-refractivity contribution in [3.05, 3.63) is 0 Å². The summed E-state index contributed by atoms with van der Waals surface area (Å²) >= 11 is 5.61. The molecule has 0 aromatic rings. The summed E-state index contributed by atoms with van der Waals surface area (Å²) in [5.41, 5.74) is 0. The van der Waals surface area contributed by atoms with Crippen LogP contribution in [0, 0.1) is 11.8 Å². The molecule has 1 radical (unpaired) electrons. The van der Waals surface area contributed by atoms with Crippen molar-refractivity contribution in [1.82, 2.24) is 0 Å². The molecule has 0 fully saturated rings. The smallest absolute Gasteiger partial charge is 0.0958 e. The van der Waals surface area contributed by atoms with Crippen molar-refractivity contribution in [3.63, 3.8) is 0 Å². The second-order valence-corrected chi connectivity index (χ2v) is 3.73. The van der Waals surface area contributed by atoms with Crippen molar-refractivity contribution in [1.29, 1.82) is 0 Å². The van der Waals surface area contributed by atoms with Gasteiger partial charge >= 0.3 is 0 Å². The number of rotatable bonds is 5. The van der Waals surface area contributed by atoms with Gasteiger partial charge in [0.05, 0.1) is 6.10 Å². The molecule has 0 aromatic heterocycles. The Hall–Kier alpha value is 0.250. The maximum absolute atomic E-state index is 11.4. The molecule has 0 bridgehead atoms. The van der Waals surface area contributed by atoms with Crippen LogP contribution in [0.25, 0.3) is 0 Å². The van der Waals surface area contributed by atoms with Crippen LogP contribution in [0.5, 0.6) is 0 Å². The van der Waals surface area contributed by atoms with E-state index in [1.54, 1.807) is 0 Å². The SMILES string of the molecule is CCC(C)C([O])CC(C)CCl. The van der Waals surface area contributed by atoms with Crippen LogP contribution in [0.4, 0.5) is 0 Å². The fourth-order valence-corrected chi connectivity index (χ4v) is 1.08. The van der Waals surface area contributed by atoms with Gasteiger partial charge in [0.15, 0.2) is 0 Å². The largest absolute Gasteiger partial charge is 0.233 e. The predicted octanol–water partition coefficient (Wildman–Crippen LogP) is 3.10. The van der Waals surface area contributed by atoms with Gasteiger partial charge < -0.3 is 0 Å². The Bertz CT molecular complexity index is 95.6. The van der Waals surface area contributed by atoms with Crippen LogP contribution in [0.1, 0.15) is 33.6 Å². The topological polar surface area (TPSA) is 19.9 Å². The predicted molar refractivity (Wildman–Crippen MR) is 48.4 cm³/mol. The molecule has 0 rings (SSSR count). The zero-order chi connectivity index (χ0) is 8.85. The second-order valence-electron chi connectivity index (χ2n) is 3.42. The van der Waals surface area contributed by atoms with Gasteiger partial charge in [-0.15, -0.1) is 11.6 Å². The molecule has 0 amide bonds. The van der Waals surface area contributed by atoms with E-state index in [1.807, 2.05) is 13.8 Å². The minimum Gasteiger partial charge on any atom is -0.233 e. The molecule has 0 N–H and O–H groups in total. The van der Waals surface area contributed by atoms with Crippen molar-refractivity contribution in [3.8, 4) is 0 Å². The molecule has 67 valence electrons. The average Bonchev–Trinajstić information content (AvgIpc) is 2.02. The van der Waals surface area contributed by atoms with Gasteiger partial charge in [-0.05, 0) is 18.3 Å². The Labute approximate surface area is 74.8 Å². The highest BCUT2D eigenvalue weighted by atomic mass is 35.5. The van der Waals surface area contributed by atoms with E-state index < -0.39 is 6.10 Å². The van der Waals surface area contributed by atoms with Crippen LogP contribution < -0.4 is 0 Å². The third kappa shape index (κ3) is 4.65. The summed E-state index contributed by atoms with van der Waals surface area (Å²) in [6.45, 7) is 6.10. The molecule has 2 heteroatoms. The number of hydrogen-bond donors (Lipinski definition) is 0. The van der Waals surface area contributed by atoms with E-state index in [4.69, 9.17) is 11.6 Å². The summed E-state index contributed by atoms with van der Waals surface area (Å²) in [5.74, 6) is 1.27. The third-order valence-electron chi connectivity index (χ3n) is 2.18. The van der Waals surface area contributed by atoms with Gasteiger partial charge in [-0.25, -0.2) is 5.11 Å². The van der Waals surface area contributed by atoms with Gasteiger partial charge in [0.25, 0.3) is 0 Å². The lowest BCUT2D eigenvalue weighted by atomic mass is 9.94. The summed E-state index contributed by atoms with van der Waals surface area (Å²) < 4.78 is 0. The highest BCUT2D eigenvalue weighted by Crippen LogP contribution is 2.16. The zero-order valence-electron chi connectivity index (χ0n) is 7.64. The molecule has 0 aliphatic carbocycles. The second kappa shape index (κ2) is 5.84. The molecular formula is C9H18ClO. The molecule has 0 saturated carbocycles. The van der Waals surface area contributed by atoms with E-state index in [-0.39, 0.29) is 0 Å². The summed E-state index contributed by atoms with van der Waals surface area (Å²) in [4.78, 5) is 0. The Balaban J connectivity index is 3.58. The monoisotopic (exact) mass is 177 g/mol. The van der Waals surface area contributed by atoms with Gasteiger partial charge in [-0.1, -0.05) is 27.2 Å². The van der Waals surface area contributed by atoms with Gasteiger partial charge in [0.1, 0.15) is 0 Å². The Kier molecular flexibility index (Phi) is 5.98. The molecule has 0 aromatic carbocycles. The quantitative estimate of drug-likeness (QED) is 0.576. The Morgan fingerprint density at radius 2 is 1.91 bits per heavy atom. The molecular weight excluding hydrogens is 160 g/mol. The first-order valence-corrected chi connectivity index (χ1v) is 4.87. The lowest BCUT2D eigenvalue weighted by molar-refractivity contribution is 0.0257. The van der Waals surface area contributed by atoms with Gasteiger partial charge in [-0.2, -0.15) is 0 Å². The highest BCUT2D eigenvalue weighted by molar-refractivity contribution is 6.18. The molecule has 11 heavy (non-hydrogen) atoms. The minimum absolute atomic E-state index is 0.292. The minimum atomic E-state index is -0.422. The summed E-state index contributed by atoms with van der Waals surface area (Å²) in [6, 6.07) is 0.